The van der Waals surface area contributed by atoms with Crippen LogP contribution in [0, 0.1) is 11.3 Å². The molecule has 0 aromatic heterocycles. The van der Waals surface area contributed by atoms with Gasteiger partial charge in [0, 0.05) is 7.11 Å². The molecule has 0 aliphatic heterocycles. The summed E-state index contributed by atoms with van der Waals surface area (Å²) in [5.74, 6) is -0.316. The zero-order valence-electron chi connectivity index (χ0n) is 9.25. The summed E-state index contributed by atoms with van der Waals surface area (Å²) >= 11 is 0. The van der Waals surface area contributed by atoms with E-state index in [4.69, 9.17) is 9.84 Å². The minimum absolute atomic E-state index is 0.390. The summed E-state index contributed by atoms with van der Waals surface area (Å²) in [6.45, 7) is 4.49. The molecule has 0 spiro atoms. The highest BCUT2D eigenvalue weighted by molar-refractivity contribution is 5.72. The van der Waals surface area contributed by atoms with E-state index in [-0.39, 0.29) is 0 Å². The molecule has 0 bridgehead atoms. The van der Waals surface area contributed by atoms with Crippen molar-refractivity contribution in [2.24, 2.45) is 11.3 Å². The van der Waals surface area contributed by atoms with Gasteiger partial charge in [0.25, 0.3) is 0 Å². The molecule has 0 amide bonds. The third kappa shape index (κ3) is 2.98. The highest BCUT2D eigenvalue weighted by Gasteiger charge is 2.33. The summed E-state index contributed by atoms with van der Waals surface area (Å²) in [5, 5.41) is 8.84. The van der Waals surface area contributed by atoms with Gasteiger partial charge in [-0.25, -0.2) is 4.79 Å². The van der Waals surface area contributed by atoms with Crippen LogP contribution in [-0.4, -0.2) is 24.3 Å². The van der Waals surface area contributed by atoms with Crippen molar-refractivity contribution in [3.8, 4) is 0 Å². The van der Waals surface area contributed by atoms with E-state index in [0.29, 0.717) is 17.8 Å². The molecule has 1 rings (SSSR count). The molecule has 82 valence electrons. The number of methoxy groups -OCH3 is 1. The van der Waals surface area contributed by atoms with E-state index in [0.717, 1.165) is 12.8 Å². The van der Waals surface area contributed by atoms with Gasteiger partial charge in [-0.15, -0.1) is 0 Å². The van der Waals surface area contributed by atoms with Gasteiger partial charge in [-0.3, -0.25) is 0 Å². The van der Waals surface area contributed by atoms with Crippen LogP contribution >= 0.6 is 0 Å². The van der Waals surface area contributed by atoms with Crippen LogP contribution < -0.4 is 0 Å². The summed E-state index contributed by atoms with van der Waals surface area (Å²) in [6.07, 6.45) is 3.51. The van der Waals surface area contributed by atoms with Crippen molar-refractivity contribution < 1.29 is 14.6 Å². The molecule has 1 saturated carbocycles. The lowest BCUT2D eigenvalue weighted by Crippen LogP contribution is -2.25. The first-order chi connectivity index (χ1) is 6.44. The van der Waals surface area contributed by atoms with Gasteiger partial charge in [0.05, 0.1) is 0 Å². The predicted molar refractivity (Wildman–Crippen MR) is 54.2 cm³/mol. The van der Waals surface area contributed by atoms with E-state index in [9.17, 15) is 4.79 Å². The fourth-order valence-electron chi connectivity index (χ4n) is 2.38. The molecule has 2 atom stereocenters. The molecule has 2 unspecified atom stereocenters. The van der Waals surface area contributed by atoms with E-state index in [1.54, 1.807) is 0 Å². The first-order valence-corrected chi connectivity index (χ1v) is 5.20. The average Bonchev–Trinajstić information content (AvgIpc) is 2.41. The maximum atomic E-state index is 10.8. The highest BCUT2D eigenvalue weighted by Crippen LogP contribution is 2.42. The summed E-state index contributed by atoms with van der Waals surface area (Å²) in [7, 11) is 1.47. The highest BCUT2D eigenvalue weighted by atomic mass is 16.5. The Kier molecular flexibility index (Phi) is 3.53. The first-order valence-electron chi connectivity index (χ1n) is 5.20. The summed E-state index contributed by atoms with van der Waals surface area (Å²) in [6, 6.07) is 0. The quantitative estimate of drug-likeness (QED) is 0.757. The first kappa shape index (κ1) is 11.5. The lowest BCUT2D eigenvalue weighted by molar-refractivity contribution is -0.149. The van der Waals surface area contributed by atoms with Crippen LogP contribution in [0.15, 0.2) is 0 Å². The maximum absolute atomic E-state index is 10.8. The van der Waals surface area contributed by atoms with Gasteiger partial charge in [0.15, 0.2) is 6.10 Å². The Bertz CT molecular complexity index is 211. The normalized spacial score (nSPS) is 27.5. The van der Waals surface area contributed by atoms with Gasteiger partial charge in [-0.2, -0.15) is 0 Å². The second-order valence-electron chi connectivity index (χ2n) is 5.07. The number of rotatable bonds is 4. The van der Waals surface area contributed by atoms with Gasteiger partial charge in [0.1, 0.15) is 0 Å². The Labute approximate surface area is 85.5 Å². The number of carbonyl (C=O) groups is 1. The molecular formula is C11H20O3. The van der Waals surface area contributed by atoms with Crippen molar-refractivity contribution in [2.45, 2.75) is 45.6 Å². The molecule has 1 N–H and O–H groups in total. The number of carboxylic acids is 1. The van der Waals surface area contributed by atoms with E-state index in [1.807, 2.05) is 0 Å². The van der Waals surface area contributed by atoms with Gasteiger partial charge in [-0.1, -0.05) is 13.8 Å². The van der Waals surface area contributed by atoms with E-state index in [2.05, 4.69) is 13.8 Å². The second kappa shape index (κ2) is 4.30. The van der Waals surface area contributed by atoms with Crippen molar-refractivity contribution in [1.82, 2.24) is 0 Å². The van der Waals surface area contributed by atoms with Crippen LogP contribution in [0.25, 0.3) is 0 Å². The molecule has 1 aliphatic rings. The summed E-state index contributed by atoms with van der Waals surface area (Å²) in [5.41, 5.74) is 0.390. The fraction of sp³-hybridized carbons (Fsp3) is 0.909. The molecule has 0 aromatic carbocycles. The number of carboxylic acid groups (broad SMARTS) is 1. The Morgan fingerprint density at radius 1 is 1.64 bits per heavy atom. The second-order valence-corrected chi connectivity index (χ2v) is 5.07. The Morgan fingerprint density at radius 3 is 2.64 bits per heavy atom. The zero-order chi connectivity index (χ0) is 10.8. The predicted octanol–water partition coefficient (Wildman–Crippen LogP) is 2.30. The number of hydrogen-bond donors (Lipinski definition) is 1. The van der Waals surface area contributed by atoms with Crippen LogP contribution in [0.2, 0.25) is 0 Å². The van der Waals surface area contributed by atoms with Crippen LogP contribution in [0.4, 0.5) is 0 Å². The van der Waals surface area contributed by atoms with Crippen molar-refractivity contribution in [3.63, 3.8) is 0 Å². The number of ether oxygens (including phenoxy) is 1. The van der Waals surface area contributed by atoms with Crippen LogP contribution in [-0.2, 0) is 9.53 Å². The van der Waals surface area contributed by atoms with Crippen molar-refractivity contribution in [1.29, 1.82) is 0 Å². The lowest BCUT2D eigenvalue weighted by Gasteiger charge is -2.19. The summed E-state index contributed by atoms with van der Waals surface area (Å²) < 4.78 is 4.94. The molecule has 1 fully saturated rings. The van der Waals surface area contributed by atoms with Crippen molar-refractivity contribution >= 4 is 5.97 Å². The standard InChI is InChI=1S/C11H20O3/c1-11(2)5-4-8(7-11)6-9(14-3)10(12)13/h8-9H,4-7H2,1-3H3,(H,12,13). The SMILES string of the molecule is COC(CC1CCC(C)(C)C1)C(=O)O. The zero-order valence-corrected chi connectivity index (χ0v) is 9.25. The van der Waals surface area contributed by atoms with Gasteiger partial charge < -0.3 is 9.84 Å². The van der Waals surface area contributed by atoms with Crippen LogP contribution in [0.5, 0.6) is 0 Å². The van der Waals surface area contributed by atoms with E-state index >= 15 is 0 Å². The van der Waals surface area contributed by atoms with Gasteiger partial charge in [0.2, 0.25) is 0 Å². The molecule has 0 aromatic rings. The van der Waals surface area contributed by atoms with Gasteiger partial charge in [-0.05, 0) is 37.0 Å². The lowest BCUT2D eigenvalue weighted by atomic mass is 9.89. The third-order valence-electron chi connectivity index (χ3n) is 3.18. The van der Waals surface area contributed by atoms with Gasteiger partial charge >= 0.3 is 5.97 Å². The number of hydrogen-bond acceptors (Lipinski definition) is 2. The van der Waals surface area contributed by atoms with E-state index in [1.165, 1.54) is 13.5 Å². The Hall–Kier alpha value is -0.570. The van der Waals surface area contributed by atoms with Crippen molar-refractivity contribution in [2.75, 3.05) is 7.11 Å². The third-order valence-corrected chi connectivity index (χ3v) is 3.18. The Balaban J connectivity index is 2.42. The molecule has 0 radical (unpaired) electrons. The fourth-order valence-corrected chi connectivity index (χ4v) is 2.38. The molecular weight excluding hydrogens is 180 g/mol. The maximum Gasteiger partial charge on any atom is 0.332 e. The molecule has 0 heterocycles. The van der Waals surface area contributed by atoms with Crippen LogP contribution in [0.1, 0.15) is 39.5 Å². The molecule has 3 heteroatoms. The summed E-state index contributed by atoms with van der Waals surface area (Å²) in [4.78, 5) is 10.8. The van der Waals surface area contributed by atoms with E-state index < -0.39 is 12.1 Å². The molecule has 14 heavy (non-hydrogen) atoms. The molecule has 0 saturated heterocycles. The van der Waals surface area contributed by atoms with Crippen molar-refractivity contribution in [3.05, 3.63) is 0 Å². The minimum Gasteiger partial charge on any atom is -0.479 e. The number of aliphatic carboxylic acids is 1. The van der Waals surface area contributed by atoms with Crippen LogP contribution in [0.3, 0.4) is 0 Å². The smallest absolute Gasteiger partial charge is 0.332 e. The minimum atomic E-state index is -0.836. The average molecular weight is 200 g/mol. The molecule has 1 aliphatic carbocycles. The largest absolute Gasteiger partial charge is 0.479 e. The molecule has 3 nitrogen and oxygen atoms in total. The monoisotopic (exact) mass is 200 g/mol. The topological polar surface area (TPSA) is 46.5 Å². The Morgan fingerprint density at radius 2 is 2.29 bits per heavy atom.